The Morgan fingerprint density at radius 3 is 2.62 bits per heavy atom. The van der Waals surface area contributed by atoms with Crippen molar-refractivity contribution in [1.29, 1.82) is 0 Å². The second-order valence-corrected chi connectivity index (χ2v) is 11.3. The summed E-state index contributed by atoms with van der Waals surface area (Å²) in [6.07, 6.45) is 13.8. The van der Waals surface area contributed by atoms with Gasteiger partial charge >= 0.3 is 5.97 Å². The fourth-order valence-corrected chi connectivity index (χ4v) is 7.53. The third-order valence-electron chi connectivity index (χ3n) is 8.66. The fraction of sp³-hybridized carbons (Fsp3) is 0.741. The number of unbranched alkanes of at least 4 members (excludes halogenated alkanes) is 4. The lowest BCUT2D eigenvalue weighted by Crippen LogP contribution is -2.41. The highest BCUT2D eigenvalue weighted by atomic mass is 35.5. The number of rotatable bonds is 12. The number of carbonyl (C=O) groups is 1. The van der Waals surface area contributed by atoms with Crippen molar-refractivity contribution in [3.8, 4) is 0 Å². The molecule has 7 atom stereocenters. The van der Waals surface area contributed by atoms with Gasteiger partial charge in [0.2, 0.25) is 0 Å². The van der Waals surface area contributed by atoms with Crippen LogP contribution in [0.25, 0.3) is 0 Å². The Morgan fingerprint density at radius 1 is 1.09 bits per heavy atom. The Bertz CT molecular complexity index is 785. The van der Waals surface area contributed by atoms with Crippen LogP contribution >= 0.6 is 23.2 Å². The molecule has 0 aromatic heterocycles. The summed E-state index contributed by atoms with van der Waals surface area (Å²) in [4.78, 5) is 13.6. The van der Waals surface area contributed by atoms with Gasteiger partial charge in [0.1, 0.15) is 0 Å². The average Bonchev–Trinajstić information content (AvgIpc) is 3.20. The Morgan fingerprint density at radius 2 is 1.88 bits per heavy atom. The van der Waals surface area contributed by atoms with Gasteiger partial charge < -0.3 is 5.11 Å². The van der Waals surface area contributed by atoms with Crippen LogP contribution in [0.2, 0.25) is 10.0 Å². The zero-order chi connectivity index (χ0) is 22.7. The molecule has 1 aromatic carbocycles. The first-order valence-electron chi connectivity index (χ1n) is 12.9. The van der Waals surface area contributed by atoms with E-state index in [2.05, 4.69) is 24.0 Å². The van der Waals surface area contributed by atoms with Crippen molar-refractivity contribution in [3.63, 3.8) is 0 Å². The monoisotopic (exact) mass is 479 g/mol. The van der Waals surface area contributed by atoms with E-state index in [1.165, 1.54) is 69.9 Å². The van der Waals surface area contributed by atoms with Crippen LogP contribution in [-0.2, 0) is 4.79 Å². The van der Waals surface area contributed by atoms with Gasteiger partial charge in [0.25, 0.3) is 0 Å². The second-order valence-electron chi connectivity index (χ2n) is 10.5. The molecule has 3 heterocycles. The molecule has 2 unspecified atom stereocenters. The zero-order valence-corrected chi connectivity index (χ0v) is 21.0. The van der Waals surface area contributed by atoms with Crippen LogP contribution < -0.4 is 0 Å². The number of hydrogen-bond acceptors (Lipinski definition) is 2. The maximum absolute atomic E-state index is 10.8. The van der Waals surface area contributed by atoms with Gasteiger partial charge in [-0.2, -0.15) is 0 Å². The molecule has 5 heteroatoms. The van der Waals surface area contributed by atoms with Gasteiger partial charge in [-0.3, -0.25) is 9.69 Å². The SMILES string of the molecule is CCCCC(CCCCCCC(=O)O)[C@@H]1CN2[C@H]3CC[C@@H]2[C@H]1[C@@H](c1ccc(Cl)c(Cl)c1)C3. The van der Waals surface area contributed by atoms with Crippen molar-refractivity contribution in [3.05, 3.63) is 33.8 Å². The molecule has 0 aliphatic carbocycles. The van der Waals surface area contributed by atoms with Crippen LogP contribution in [0.1, 0.15) is 95.5 Å². The van der Waals surface area contributed by atoms with Gasteiger partial charge in [-0.1, -0.05) is 81.1 Å². The van der Waals surface area contributed by atoms with Crippen LogP contribution in [0.4, 0.5) is 0 Å². The first-order chi connectivity index (χ1) is 15.5. The number of carboxylic acid groups (broad SMARTS) is 1. The van der Waals surface area contributed by atoms with Crippen LogP contribution in [0, 0.1) is 17.8 Å². The van der Waals surface area contributed by atoms with Crippen molar-refractivity contribution in [2.24, 2.45) is 17.8 Å². The van der Waals surface area contributed by atoms with Crippen LogP contribution in [-0.4, -0.2) is 34.6 Å². The summed E-state index contributed by atoms with van der Waals surface area (Å²) in [6.45, 7) is 3.59. The Hall–Kier alpha value is -0.770. The molecule has 4 bridgehead atoms. The molecule has 0 saturated carbocycles. The van der Waals surface area contributed by atoms with Crippen LogP contribution in [0.5, 0.6) is 0 Å². The van der Waals surface area contributed by atoms with Crippen LogP contribution in [0.3, 0.4) is 0 Å². The number of piperidine rings is 1. The molecular formula is C27H39Cl2NO2. The van der Waals surface area contributed by atoms with Crippen molar-refractivity contribution >= 4 is 29.2 Å². The van der Waals surface area contributed by atoms with Gasteiger partial charge in [0.15, 0.2) is 0 Å². The lowest BCUT2D eigenvalue weighted by molar-refractivity contribution is -0.137. The van der Waals surface area contributed by atoms with Gasteiger partial charge in [-0.15, -0.1) is 0 Å². The molecule has 1 aromatic rings. The molecule has 1 N–H and O–H groups in total. The smallest absolute Gasteiger partial charge is 0.303 e. The minimum atomic E-state index is -0.665. The van der Waals surface area contributed by atoms with E-state index in [-0.39, 0.29) is 0 Å². The maximum atomic E-state index is 10.8. The molecule has 4 rings (SSSR count). The van der Waals surface area contributed by atoms with Gasteiger partial charge in [-0.05, 0) is 67.1 Å². The van der Waals surface area contributed by atoms with Crippen molar-refractivity contribution in [1.82, 2.24) is 4.90 Å². The molecule has 32 heavy (non-hydrogen) atoms. The molecule has 178 valence electrons. The first-order valence-corrected chi connectivity index (χ1v) is 13.7. The van der Waals surface area contributed by atoms with E-state index in [9.17, 15) is 4.79 Å². The summed E-state index contributed by atoms with van der Waals surface area (Å²) in [5.41, 5.74) is 1.40. The number of aliphatic carboxylic acids is 1. The molecule has 3 fully saturated rings. The van der Waals surface area contributed by atoms with E-state index in [0.717, 1.165) is 42.7 Å². The quantitative estimate of drug-likeness (QED) is 0.311. The third kappa shape index (κ3) is 5.31. The number of benzene rings is 1. The summed E-state index contributed by atoms with van der Waals surface area (Å²) >= 11 is 12.7. The summed E-state index contributed by atoms with van der Waals surface area (Å²) in [5.74, 6) is 2.23. The molecule has 0 spiro atoms. The van der Waals surface area contributed by atoms with Gasteiger partial charge in [-0.25, -0.2) is 0 Å². The summed E-state index contributed by atoms with van der Waals surface area (Å²) in [6, 6.07) is 7.85. The highest BCUT2D eigenvalue weighted by Crippen LogP contribution is 2.57. The number of halogens is 2. The van der Waals surface area contributed by atoms with E-state index in [0.29, 0.717) is 22.4 Å². The average molecular weight is 481 g/mol. The topological polar surface area (TPSA) is 40.5 Å². The number of hydrogen-bond donors (Lipinski definition) is 1. The van der Waals surface area contributed by atoms with Crippen LogP contribution in [0.15, 0.2) is 18.2 Å². The van der Waals surface area contributed by atoms with Crippen molar-refractivity contribution in [2.75, 3.05) is 6.54 Å². The van der Waals surface area contributed by atoms with Crippen molar-refractivity contribution < 1.29 is 9.90 Å². The van der Waals surface area contributed by atoms with Crippen molar-refractivity contribution in [2.45, 2.75) is 102 Å². The summed E-state index contributed by atoms with van der Waals surface area (Å²) in [7, 11) is 0. The predicted molar refractivity (Wildman–Crippen MR) is 133 cm³/mol. The van der Waals surface area contributed by atoms with E-state index in [1.54, 1.807) is 0 Å². The first kappa shape index (κ1) is 24.4. The lowest BCUT2D eigenvalue weighted by atomic mass is 9.68. The predicted octanol–water partition coefficient (Wildman–Crippen LogP) is 7.79. The number of nitrogens with zero attached hydrogens (tertiary/aromatic N) is 1. The highest BCUT2D eigenvalue weighted by Gasteiger charge is 2.56. The summed E-state index contributed by atoms with van der Waals surface area (Å²) in [5, 5.41) is 10.2. The summed E-state index contributed by atoms with van der Waals surface area (Å²) < 4.78 is 0. The Balaban J connectivity index is 1.47. The van der Waals surface area contributed by atoms with E-state index < -0.39 is 5.97 Å². The minimum Gasteiger partial charge on any atom is -0.481 e. The highest BCUT2D eigenvalue weighted by molar-refractivity contribution is 6.42. The minimum absolute atomic E-state index is 0.313. The number of carboxylic acids is 1. The van der Waals surface area contributed by atoms with Gasteiger partial charge in [0, 0.05) is 25.0 Å². The Kier molecular flexibility index (Phi) is 8.45. The van der Waals surface area contributed by atoms with E-state index in [1.807, 2.05) is 6.07 Å². The molecular weight excluding hydrogens is 441 g/mol. The zero-order valence-electron chi connectivity index (χ0n) is 19.4. The lowest BCUT2D eigenvalue weighted by Gasteiger charge is -2.39. The molecule has 0 radical (unpaired) electrons. The van der Waals surface area contributed by atoms with Gasteiger partial charge in [0.05, 0.1) is 10.0 Å². The molecule has 0 amide bonds. The second kappa shape index (κ2) is 11.1. The molecule has 3 saturated heterocycles. The molecule has 3 aliphatic rings. The standard InChI is InChI=1S/C27H39Cl2NO2/c1-2-3-8-18(9-6-4-5-7-10-26(31)32)22-17-30-20-12-14-25(30)27(22)21(16-20)19-11-13-23(28)24(29)15-19/h11,13,15,18,20-22,25,27H,2-10,12,14,16-17H2,1H3,(H,31,32)/t18?,20-,21+,22-,25+,27-/m0/s1. The fourth-order valence-electron chi connectivity index (χ4n) is 7.22. The van der Waals surface area contributed by atoms with E-state index >= 15 is 0 Å². The normalized spacial score (nSPS) is 31.7. The maximum Gasteiger partial charge on any atom is 0.303 e. The third-order valence-corrected chi connectivity index (χ3v) is 9.40. The molecule has 3 aliphatic heterocycles. The largest absolute Gasteiger partial charge is 0.481 e. The Labute approximate surface area is 203 Å². The molecule has 3 nitrogen and oxygen atoms in total. The van der Waals surface area contributed by atoms with E-state index in [4.69, 9.17) is 28.3 Å².